The zero-order valence-electron chi connectivity index (χ0n) is 15.4. The van der Waals surface area contributed by atoms with Gasteiger partial charge in [0.05, 0.1) is 5.69 Å². The molecule has 4 aromatic heterocycles. The number of sulfonamides is 1. The van der Waals surface area contributed by atoms with Gasteiger partial charge in [-0.2, -0.15) is 9.61 Å². The summed E-state index contributed by atoms with van der Waals surface area (Å²) in [6.07, 6.45) is 1.69. The smallest absolute Gasteiger partial charge is 0.271 e. The second kappa shape index (κ2) is 7.32. The monoisotopic (exact) mass is 434 g/mol. The van der Waals surface area contributed by atoms with Gasteiger partial charge in [0.15, 0.2) is 5.65 Å². The van der Waals surface area contributed by atoms with Gasteiger partial charge in [-0.05, 0) is 47.8 Å². The predicted molar refractivity (Wildman–Crippen MR) is 115 cm³/mol. The van der Waals surface area contributed by atoms with Crippen molar-refractivity contribution in [3.8, 4) is 22.8 Å². The number of nitrogens with zero attached hydrogens (tertiary/aromatic N) is 5. The van der Waals surface area contributed by atoms with Crippen LogP contribution in [0, 0.1) is 0 Å². The van der Waals surface area contributed by atoms with Gasteiger partial charge >= 0.3 is 0 Å². The molecule has 0 amide bonds. The van der Waals surface area contributed by atoms with Gasteiger partial charge < -0.3 is 0 Å². The zero-order valence-corrected chi connectivity index (χ0v) is 17.0. The molecule has 0 saturated carbocycles. The minimum atomic E-state index is -3.58. The molecule has 5 aromatic rings. The van der Waals surface area contributed by atoms with Gasteiger partial charge in [0.25, 0.3) is 10.0 Å². The number of pyridine rings is 1. The first-order valence-electron chi connectivity index (χ1n) is 8.91. The lowest BCUT2D eigenvalue weighted by atomic mass is 10.1. The average molecular weight is 435 g/mol. The molecule has 0 atom stereocenters. The van der Waals surface area contributed by atoms with E-state index in [9.17, 15) is 8.42 Å². The first-order valence-corrected chi connectivity index (χ1v) is 11.3. The quantitative estimate of drug-likeness (QED) is 0.452. The van der Waals surface area contributed by atoms with Gasteiger partial charge in [-0.15, -0.1) is 21.5 Å². The van der Waals surface area contributed by atoms with Crippen LogP contribution in [-0.4, -0.2) is 33.2 Å². The molecule has 0 spiro atoms. The fraction of sp³-hybridized carbons (Fsp3) is 0. The van der Waals surface area contributed by atoms with Crippen molar-refractivity contribution in [1.82, 2.24) is 24.8 Å². The van der Waals surface area contributed by atoms with Crippen molar-refractivity contribution < 1.29 is 8.42 Å². The molecule has 0 radical (unpaired) electrons. The Balaban J connectivity index is 1.46. The Kier molecular flexibility index (Phi) is 4.49. The number of anilines is 1. The van der Waals surface area contributed by atoms with E-state index in [4.69, 9.17) is 0 Å². The van der Waals surface area contributed by atoms with E-state index in [2.05, 4.69) is 25.0 Å². The summed E-state index contributed by atoms with van der Waals surface area (Å²) >= 11 is 1.17. The lowest BCUT2D eigenvalue weighted by Crippen LogP contribution is -2.11. The van der Waals surface area contributed by atoms with E-state index in [0.29, 0.717) is 28.5 Å². The van der Waals surface area contributed by atoms with Crippen molar-refractivity contribution in [3.05, 3.63) is 78.3 Å². The maximum Gasteiger partial charge on any atom is 0.271 e. The number of rotatable bonds is 5. The maximum absolute atomic E-state index is 12.4. The summed E-state index contributed by atoms with van der Waals surface area (Å²) in [6, 6.07) is 19.5. The molecule has 0 aliphatic rings. The van der Waals surface area contributed by atoms with E-state index in [1.165, 1.54) is 11.3 Å². The van der Waals surface area contributed by atoms with E-state index in [0.717, 1.165) is 5.56 Å². The summed E-state index contributed by atoms with van der Waals surface area (Å²) in [5, 5.41) is 14.7. The van der Waals surface area contributed by atoms with Crippen LogP contribution in [0.2, 0.25) is 0 Å². The summed E-state index contributed by atoms with van der Waals surface area (Å²) in [4.78, 5) is 4.31. The minimum absolute atomic E-state index is 0.272. The topological polar surface area (TPSA) is 102 Å². The van der Waals surface area contributed by atoms with Crippen LogP contribution in [0.5, 0.6) is 0 Å². The second-order valence-electron chi connectivity index (χ2n) is 6.34. The molecule has 4 heterocycles. The molecule has 10 heteroatoms. The standard InChI is InChI=1S/C20H14N6O2S2/c27-30(28,19-5-3-13-29-19)25-15-8-6-14(7-9-15)16-10-11-18-22-23-20(26(18)24-16)17-4-1-2-12-21-17/h1-13,25H. The lowest BCUT2D eigenvalue weighted by Gasteiger charge is -2.08. The van der Waals surface area contributed by atoms with Crippen LogP contribution in [0.3, 0.4) is 0 Å². The van der Waals surface area contributed by atoms with E-state index < -0.39 is 10.0 Å². The van der Waals surface area contributed by atoms with E-state index in [-0.39, 0.29) is 4.21 Å². The molecule has 30 heavy (non-hydrogen) atoms. The first-order chi connectivity index (χ1) is 14.6. The largest absolute Gasteiger partial charge is 0.279 e. The number of hydrogen-bond donors (Lipinski definition) is 1. The number of fused-ring (bicyclic) bond motifs is 1. The van der Waals surface area contributed by atoms with Crippen LogP contribution in [0.4, 0.5) is 5.69 Å². The van der Waals surface area contributed by atoms with Crippen LogP contribution in [0.1, 0.15) is 0 Å². The Bertz CT molecular complexity index is 1410. The zero-order chi connectivity index (χ0) is 20.6. The summed E-state index contributed by atoms with van der Waals surface area (Å²) in [5.74, 6) is 0.549. The Morgan fingerprint density at radius 2 is 1.73 bits per heavy atom. The molecule has 1 N–H and O–H groups in total. The van der Waals surface area contributed by atoms with Gasteiger partial charge in [-0.3, -0.25) is 9.71 Å². The highest BCUT2D eigenvalue weighted by molar-refractivity contribution is 7.94. The number of benzene rings is 1. The Hall–Kier alpha value is -3.63. The fourth-order valence-corrected chi connectivity index (χ4v) is 4.98. The number of hydrogen-bond acceptors (Lipinski definition) is 7. The highest BCUT2D eigenvalue weighted by atomic mass is 32.2. The van der Waals surface area contributed by atoms with Gasteiger partial charge in [0, 0.05) is 17.4 Å². The van der Waals surface area contributed by atoms with Crippen molar-refractivity contribution in [2.24, 2.45) is 0 Å². The third-order valence-corrected chi connectivity index (χ3v) is 7.13. The van der Waals surface area contributed by atoms with Crippen LogP contribution in [0.25, 0.3) is 28.4 Å². The van der Waals surface area contributed by atoms with Crippen molar-refractivity contribution in [1.29, 1.82) is 0 Å². The van der Waals surface area contributed by atoms with Gasteiger partial charge in [-0.1, -0.05) is 24.3 Å². The average Bonchev–Trinajstić information content (AvgIpc) is 3.45. The van der Waals surface area contributed by atoms with E-state index in [1.807, 2.05) is 42.5 Å². The van der Waals surface area contributed by atoms with Crippen molar-refractivity contribution >= 4 is 32.7 Å². The summed E-state index contributed by atoms with van der Waals surface area (Å²) < 4.78 is 29.2. The van der Waals surface area contributed by atoms with Gasteiger partial charge in [0.1, 0.15) is 9.90 Å². The van der Waals surface area contributed by atoms with E-state index in [1.54, 1.807) is 40.4 Å². The SMILES string of the molecule is O=S(=O)(Nc1ccc(-c2ccc3nnc(-c4ccccn4)n3n2)cc1)c1cccs1. The molecule has 0 saturated heterocycles. The molecule has 0 unspecified atom stereocenters. The molecule has 5 rings (SSSR count). The van der Waals surface area contributed by atoms with Crippen LogP contribution in [0.15, 0.2) is 82.5 Å². The predicted octanol–water partition coefficient (Wildman–Crippen LogP) is 3.72. The van der Waals surface area contributed by atoms with E-state index >= 15 is 0 Å². The summed E-state index contributed by atoms with van der Waals surface area (Å²) in [7, 11) is -3.58. The van der Waals surface area contributed by atoms with Crippen molar-refractivity contribution in [2.45, 2.75) is 4.21 Å². The van der Waals surface area contributed by atoms with Crippen LogP contribution in [-0.2, 0) is 10.0 Å². The normalized spacial score (nSPS) is 11.6. The van der Waals surface area contributed by atoms with Gasteiger partial charge in [0.2, 0.25) is 5.82 Å². The third kappa shape index (κ3) is 3.42. The number of nitrogens with one attached hydrogen (secondary N) is 1. The maximum atomic E-state index is 12.4. The summed E-state index contributed by atoms with van der Waals surface area (Å²) in [6.45, 7) is 0. The highest BCUT2D eigenvalue weighted by Crippen LogP contribution is 2.24. The molecule has 0 aliphatic carbocycles. The molecular formula is C20H14N6O2S2. The van der Waals surface area contributed by atoms with Crippen LogP contribution >= 0.6 is 11.3 Å². The van der Waals surface area contributed by atoms with Gasteiger partial charge in [-0.25, -0.2) is 8.42 Å². The second-order valence-corrected chi connectivity index (χ2v) is 9.20. The molecule has 0 fully saturated rings. The number of thiophene rings is 1. The molecule has 0 aliphatic heterocycles. The van der Waals surface area contributed by atoms with Crippen molar-refractivity contribution in [2.75, 3.05) is 4.72 Å². The Labute approximate surface area is 175 Å². The fourth-order valence-electron chi connectivity index (χ4n) is 2.93. The van der Waals surface area contributed by atoms with Crippen molar-refractivity contribution in [3.63, 3.8) is 0 Å². The lowest BCUT2D eigenvalue weighted by molar-refractivity contribution is 0.603. The molecule has 148 valence electrons. The first kappa shape index (κ1) is 18.4. The minimum Gasteiger partial charge on any atom is -0.279 e. The Morgan fingerprint density at radius 3 is 2.47 bits per heavy atom. The summed E-state index contributed by atoms with van der Waals surface area (Å²) in [5.41, 5.74) is 3.29. The molecule has 1 aromatic carbocycles. The Morgan fingerprint density at radius 1 is 0.867 bits per heavy atom. The number of aromatic nitrogens is 5. The highest BCUT2D eigenvalue weighted by Gasteiger charge is 2.15. The van der Waals surface area contributed by atoms with Crippen LogP contribution < -0.4 is 4.72 Å². The third-order valence-electron chi connectivity index (χ3n) is 4.35. The molecular weight excluding hydrogens is 420 g/mol. The molecule has 0 bridgehead atoms. The molecule has 8 nitrogen and oxygen atoms in total.